The fraction of sp³-hybridized carbons (Fsp3) is 0.333. The van der Waals surface area contributed by atoms with Crippen molar-refractivity contribution in [1.82, 2.24) is 15.5 Å². The van der Waals surface area contributed by atoms with E-state index in [1.807, 2.05) is 30.3 Å². The number of esters is 1. The van der Waals surface area contributed by atoms with Gasteiger partial charge in [-0.3, -0.25) is 4.90 Å². The molecule has 31 heavy (non-hydrogen) atoms. The van der Waals surface area contributed by atoms with E-state index < -0.39 is 12.0 Å². The summed E-state index contributed by atoms with van der Waals surface area (Å²) in [6.07, 6.45) is 0. The number of rotatable bonds is 5. The van der Waals surface area contributed by atoms with Crippen molar-refractivity contribution in [1.29, 1.82) is 0 Å². The number of carbonyl (C=O) groups excluding carboxylic acids is 2. The summed E-state index contributed by atoms with van der Waals surface area (Å²) in [5.41, 5.74) is 4.38. The Labute approximate surface area is 182 Å². The van der Waals surface area contributed by atoms with Gasteiger partial charge in [-0.2, -0.15) is 0 Å². The fourth-order valence-corrected chi connectivity index (χ4v) is 4.13. The maximum atomic E-state index is 12.7. The SMILES string of the molecule is COC(=O)C1=C(CN2CCN(c3ccc(C)cc3)CC2)NC(=O)NC1c1ccccc1. The van der Waals surface area contributed by atoms with E-state index in [0.717, 1.165) is 31.7 Å². The molecule has 2 aromatic rings. The Morgan fingerprint density at radius 3 is 2.35 bits per heavy atom. The van der Waals surface area contributed by atoms with Crippen molar-refractivity contribution in [3.8, 4) is 0 Å². The number of methoxy groups -OCH3 is 1. The molecule has 7 nitrogen and oxygen atoms in total. The number of hydrogen-bond acceptors (Lipinski definition) is 5. The van der Waals surface area contributed by atoms with Gasteiger partial charge in [-0.15, -0.1) is 0 Å². The third-order valence-electron chi connectivity index (χ3n) is 5.84. The molecule has 2 amide bonds. The van der Waals surface area contributed by atoms with Crippen LogP contribution in [0.3, 0.4) is 0 Å². The molecule has 2 N–H and O–H groups in total. The first-order valence-corrected chi connectivity index (χ1v) is 10.5. The summed E-state index contributed by atoms with van der Waals surface area (Å²) in [4.78, 5) is 29.7. The third kappa shape index (κ3) is 4.72. The van der Waals surface area contributed by atoms with Crippen LogP contribution in [-0.2, 0) is 9.53 Å². The lowest BCUT2D eigenvalue weighted by atomic mass is 9.95. The minimum Gasteiger partial charge on any atom is -0.466 e. The molecule has 0 spiro atoms. The van der Waals surface area contributed by atoms with Gasteiger partial charge in [0, 0.05) is 44.1 Å². The number of benzene rings is 2. The predicted octanol–water partition coefficient (Wildman–Crippen LogP) is 2.60. The summed E-state index contributed by atoms with van der Waals surface area (Å²) < 4.78 is 5.07. The molecule has 0 bridgehead atoms. The molecule has 2 aliphatic rings. The molecule has 162 valence electrons. The monoisotopic (exact) mass is 420 g/mol. The highest BCUT2D eigenvalue weighted by Gasteiger charge is 2.34. The first-order chi connectivity index (χ1) is 15.0. The van der Waals surface area contributed by atoms with Crippen molar-refractivity contribution in [3.05, 3.63) is 77.0 Å². The van der Waals surface area contributed by atoms with Crippen LogP contribution in [0.5, 0.6) is 0 Å². The molecule has 0 aromatic heterocycles. The Bertz CT molecular complexity index is 964. The Balaban J connectivity index is 1.52. The molecule has 1 atom stereocenters. The summed E-state index contributed by atoms with van der Waals surface area (Å²) in [6.45, 7) is 6.03. The lowest BCUT2D eigenvalue weighted by molar-refractivity contribution is -0.136. The van der Waals surface area contributed by atoms with Gasteiger partial charge in [0.25, 0.3) is 0 Å². The second-order valence-corrected chi connectivity index (χ2v) is 7.92. The quantitative estimate of drug-likeness (QED) is 0.728. The number of carbonyl (C=O) groups is 2. The molecule has 0 radical (unpaired) electrons. The highest BCUT2D eigenvalue weighted by Crippen LogP contribution is 2.28. The molecule has 4 rings (SSSR count). The van der Waals surface area contributed by atoms with Crippen molar-refractivity contribution in [2.24, 2.45) is 0 Å². The molecule has 2 aromatic carbocycles. The second kappa shape index (κ2) is 9.22. The van der Waals surface area contributed by atoms with Crippen molar-refractivity contribution in [3.63, 3.8) is 0 Å². The fourth-order valence-electron chi connectivity index (χ4n) is 4.13. The summed E-state index contributed by atoms with van der Waals surface area (Å²) in [5.74, 6) is -0.436. The zero-order chi connectivity index (χ0) is 21.8. The van der Waals surface area contributed by atoms with Crippen LogP contribution < -0.4 is 15.5 Å². The topological polar surface area (TPSA) is 73.9 Å². The average molecular weight is 421 g/mol. The zero-order valence-electron chi connectivity index (χ0n) is 17.9. The summed E-state index contributed by atoms with van der Waals surface area (Å²) in [6, 6.07) is 17.2. The molecular weight excluding hydrogens is 392 g/mol. The molecule has 1 fully saturated rings. The van der Waals surface area contributed by atoms with E-state index >= 15 is 0 Å². The minimum atomic E-state index is -0.536. The van der Waals surface area contributed by atoms with Crippen LogP contribution in [-0.4, -0.2) is 56.7 Å². The van der Waals surface area contributed by atoms with E-state index in [0.29, 0.717) is 17.8 Å². The van der Waals surface area contributed by atoms with Crippen LogP contribution in [0.15, 0.2) is 65.9 Å². The van der Waals surface area contributed by atoms with Crippen LogP contribution in [0.4, 0.5) is 10.5 Å². The average Bonchev–Trinajstić information content (AvgIpc) is 2.80. The van der Waals surface area contributed by atoms with Crippen molar-refractivity contribution >= 4 is 17.7 Å². The molecule has 2 heterocycles. The summed E-state index contributed by atoms with van der Waals surface area (Å²) >= 11 is 0. The zero-order valence-corrected chi connectivity index (χ0v) is 17.9. The van der Waals surface area contributed by atoms with Crippen LogP contribution >= 0.6 is 0 Å². The van der Waals surface area contributed by atoms with Gasteiger partial charge in [0.1, 0.15) is 0 Å². The van der Waals surface area contributed by atoms with Crippen molar-refractivity contribution in [2.45, 2.75) is 13.0 Å². The molecule has 2 aliphatic heterocycles. The third-order valence-corrected chi connectivity index (χ3v) is 5.84. The predicted molar refractivity (Wildman–Crippen MR) is 120 cm³/mol. The Kier molecular flexibility index (Phi) is 6.23. The number of ether oxygens (including phenoxy) is 1. The van der Waals surface area contributed by atoms with Crippen molar-refractivity contribution in [2.75, 3.05) is 44.7 Å². The number of nitrogens with one attached hydrogen (secondary N) is 2. The van der Waals surface area contributed by atoms with Gasteiger partial charge in [-0.05, 0) is 24.6 Å². The van der Waals surface area contributed by atoms with Crippen LogP contribution in [0.2, 0.25) is 0 Å². The maximum absolute atomic E-state index is 12.7. The second-order valence-electron chi connectivity index (χ2n) is 7.92. The van der Waals surface area contributed by atoms with E-state index in [-0.39, 0.29) is 6.03 Å². The minimum absolute atomic E-state index is 0.310. The number of urea groups is 1. The van der Waals surface area contributed by atoms with Gasteiger partial charge in [-0.25, -0.2) is 9.59 Å². The molecular formula is C24H28N4O3. The van der Waals surface area contributed by atoms with Gasteiger partial charge in [0.05, 0.1) is 18.7 Å². The molecule has 1 saturated heterocycles. The first kappa shape index (κ1) is 20.9. The van der Waals surface area contributed by atoms with E-state index in [1.165, 1.54) is 18.4 Å². The number of nitrogens with zero attached hydrogens (tertiary/aromatic N) is 2. The molecule has 7 heteroatoms. The van der Waals surface area contributed by atoms with Gasteiger partial charge in [0.15, 0.2) is 0 Å². The molecule has 0 saturated carbocycles. The Morgan fingerprint density at radius 1 is 1.03 bits per heavy atom. The summed E-state index contributed by atoms with van der Waals surface area (Å²) in [7, 11) is 1.37. The largest absolute Gasteiger partial charge is 0.466 e. The lowest BCUT2D eigenvalue weighted by Gasteiger charge is -2.38. The van der Waals surface area contributed by atoms with Crippen LogP contribution in [0, 0.1) is 6.92 Å². The standard InChI is InChI=1S/C24H28N4O3/c1-17-8-10-19(11-9-17)28-14-12-27(13-15-28)16-20-21(23(29)31-2)22(26-24(30)25-20)18-6-4-3-5-7-18/h3-11,22H,12-16H2,1-2H3,(H2,25,26,30). The molecule has 1 unspecified atom stereocenters. The molecule has 0 aliphatic carbocycles. The van der Waals surface area contributed by atoms with E-state index in [4.69, 9.17) is 4.74 Å². The highest BCUT2D eigenvalue weighted by molar-refractivity contribution is 5.95. The Hall–Kier alpha value is -3.32. The van der Waals surface area contributed by atoms with E-state index in [9.17, 15) is 9.59 Å². The van der Waals surface area contributed by atoms with Gasteiger partial charge >= 0.3 is 12.0 Å². The van der Waals surface area contributed by atoms with Gasteiger partial charge in [-0.1, -0.05) is 48.0 Å². The maximum Gasteiger partial charge on any atom is 0.338 e. The number of aryl methyl sites for hydroxylation is 1. The smallest absolute Gasteiger partial charge is 0.338 e. The first-order valence-electron chi connectivity index (χ1n) is 10.5. The number of anilines is 1. The normalized spacial score (nSPS) is 19.6. The van der Waals surface area contributed by atoms with E-state index in [2.05, 4.69) is 51.6 Å². The Morgan fingerprint density at radius 2 is 1.71 bits per heavy atom. The summed E-state index contributed by atoms with van der Waals surface area (Å²) in [5, 5.41) is 5.71. The number of hydrogen-bond donors (Lipinski definition) is 2. The van der Waals surface area contributed by atoms with Gasteiger partial charge < -0.3 is 20.3 Å². The van der Waals surface area contributed by atoms with E-state index in [1.54, 1.807) is 0 Å². The van der Waals surface area contributed by atoms with Crippen LogP contribution in [0.25, 0.3) is 0 Å². The lowest BCUT2D eigenvalue weighted by Crippen LogP contribution is -2.51. The number of piperazine rings is 1. The van der Waals surface area contributed by atoms with Gasteiger partial charge in [0.2, 0.25) is 0 Å². The van der Waals surface area contributed by atoms with Crippen LogP contribution in [0.1, 0.15) is 17.2 Å². The highest BCUT2D eigenvalue weighted by atomic mass is 16.5. The van der Waals surface area contributed by atoms with Crippen molar-refractivity contribution < 1.29 is 14.3 Å². The number of amides is 2.